The van der Waals surface area contributed by atoms with Gasteiger partial charge in [0.25, 0.3) is 11.8 Å². The molecule has 31 heavy (non-hydrogen) atoms. The molecular formula is C25H18N2O4. The maximum atomic E-state index is 13.0. The number of nitrogens with zero attached hydrogens (tertiary/aromatic N) is 2. The summed E-state index contributed by atoms with van der Waals surface area (Å²) in [6, 6.07) is 18.7. The first-order chi connectivity index (χ1) is 14.9. The number of imide groups is 1. The molecule has 0 N–H and O–H groups in total. The van der Waals surface area contributed by atoms with Gasteiger partial charge in [0.15, 0.2) is 0 Å². The Morgan fingerprint density at radius 3 is 2.35 bits per heavy atom. The fourth-order valence-electron chi connectivity index (χ4n) is 3.45. The first-order valence-corrected chi connectivity index (χ1v) is 9.65. The zero-order chi connectivity index (χ0) is 22.1. The number of fused-ring (bicyclic) bond motifs is 1. The molecule has 0 radical (unpaired) electrons. The van der Waals surface area contributed by atoms with Gasteiger partial charge in [0.1, 0.15) is 6.61 Å². The molecule has 2 amide bonds. The van der Waals surface area contributed by atoms with Gasteiger partial charge >= 0.3 is 5.97 Å². The summed E-state index contributed by atoms with van der Waals surface area (Å²) in [5, 5.41) is 8.84. The van der Waals surface area contributed by atoms with Crippen molar-refractivity contribution in [2.24, 2.45) is 0 Å². The zero-order valence-electron chi connectivity index (χ0n) is 17.0. The lowest BCUT2D eigenvalue weighted by Crippen LogP contribution is -2.30. The van der Waals surface area contributed by atoms with E-state index in [9.17, 15) is 14.4 Å². The van der Waals surface area contributed by atoms with E-state index in [0.717, 1.165) is 21.6 Å². The minimum absolute atomic E-state index is 0.0309. The second-order valence-electron chi connectivity index (χ2n) is 7.38. The average molecular weight is 410 g/mol. The molecule has 0 aromatic heterocycles. The normalized spacial score (nSPS) is 12.5. The standard InChI is InChI=1S/C25H18N2O4/c1-15-3-4-16(2)22(11-15)27-23(28)20-10-9-19(12-21(20)24(27)29)25(30)31-14-18-7-5-17(13-26)6-8-18/h3-12H,14H2,1-2H3. The number of carbonyl (C=O) groups excluding carboxylic acids is 3. The number of hydrogen-bond donors (Lipinski definition) is 0. The lowest BCUT2D eigenvalue weighted by molar-refractivity contribution is 0.0472. The number of anilines is 1. The summed E-state index contributed by atoms with van der Waals surface area (Å²) < 4.78 is 5.32. The van der Waals surface area contributed by atoms with Gasteiger partial charge < -0.3 is 4.74 Å². The Morgan fingerprint density at radius 2 is 1.65 bits per heavy atom. The molecule has 1 heterocycles. The molecule has 0 atom stereocenters. The highest BCUT2D eigenvalue weighted by Crippen LogP contribution is 2.32. The molecule has 0 spiro atoms. The van der Waals surface area contributed by atoms with E-state index in [1.807, 2.05) is 32.0 Å². The van der Waals surface area contributed by atoms with Gasteiger partial charge in [-0.3, -0.25) is 9.59 Å². The summed E-state index contributed by atoms with van der Waals surface area (Å²) in [6.45, 7) is 3.76. The van der Waals surface area contributed by atoms with E-state index in [1.54, 1.807) is 30.3 Å². The Balaban J connectivity index is 1.55. The van der Waals surface area contributed by atoms with Crippen molar-refractivity contribution < 1.29 is 19.1 Å². The molecule has 0 saturated heterocycles. The fraction of sp³-hybridized carbons (Fsp3) is 0.120. The molecule has 1 aliphatic rings. The van der Waals surface area contributed by atoms with Crippen molar-refractivity contribution in [1.82, 2.24) is 0 Å². The second-order valence-corrected chi connectivity index (χ2v) is 7.38. The molecule has 1 aliphatic heterocycles. The van der Waals surface area contributed by atoms with Crippen LogP contribution in [0.1, 0.15) is 53.3 Å². The maximum absolute atomic E-state index is 13.0. The average Bonchev–Trinajstić information content (AvgIpc) is 3.03. The van der Waals surface area contributed by atoms with Crippen molar-refractivity contribution in [3.8, 4) is 6.07 Å². The maximum Gasteiger partial charge on any atom is 0.338 e. The van der Waals surface area contributed by atoms with E-state index < -0.39 is 17.8 Å². The third kappa shape index (κ3) is 3.69. The van der Waals surface area contributed by atoms with Crippen molar-refractivity contribution in [2.45, 2.75) is 20.5 Å². The van der Waals surface area contributed by atoms with Gasteiger partial charge in [-0.1, -0.05) is 24.3 Å². The third-order valence-corrected chi connectivity index (χ3v) is 5.18. The SMILES string of the molecule is Cc1ccc(C)c(N2C(=O)c3ccc(C(=O)OCc4ccc(C#N)cc4)cc3C2=O)c1. The molecule has 4 rings (SSSR count). The molecule has 152 valence electrons. The second kappa shape index (κ2) is 7.88. The summed E-state index contributed by atoms with van der Waals surface area (Å²) >= 11 is 0. The monoisotopic (exact) mass is 410 g/mol. The molecule has 0 saturated carbocycles. The number of amides is 2. The lowest BCUT2D eigenvalue weighted by atomic mass is 10.1. The minimum Gasteiger partial charge on any atom is -0.457 e. The number of nitriles is 1. The number of benzene rings is 3. The van der Waals surface area contributed by atoms with Gasteiger partial charge in [-0.05, 0) is 66.9 Å². The van der Waals surface area contributed by atoms with Crippen LogP contribution in [0, 0.1) is 25.2 Å². The summed E-state index contributed by atoms with van der Waals surface area (Å²) in [5.41, 5.74) is 4.17. The van der Waals surface area contributed by atoms with Crippen LogP contribution in [0.25, 0.3) is 0 Å². The number of aryl methyl sites for hydroxylation is 2. The number of carbonyl (C=O) groups is 3. The van der Waals surface area contributed by atoms with Crippen LogP contribution in [0.4, 0.5) is 5.69 Å². The van der Waals surface area contributed by atoms with Crippen LogP contribution in [-0.4, -0.2) is 17.8 Å². The highest BCUT2D eigenvalue weighted by Gasteiger charge is 2.38. The molecule has 3 aromatic carbocycles. The van der Waals surface area contributed by atoms with E-state index >= 15 is 0 Å². The molecular weight excluding hydrogens is 392 g/mol. The van der Waals surface area contributed by atoms with Crippen molar-refractivity contribution in [3.63, 3.8) is 0 Å². The van der Waals surface area contributed by atoms with Gasteiger partial charge in [0.05, 0.1) is 34.0 Å². The lowest BCUT2D eigenvalue weighted by Gasteiger charge is -2.17. The highest BCUT2D eigenvalue weighted by molar-refractivity contribution is 6.35. The van der Waals surface area contributed by atoms with Gasteiger partial charge in [0, 0.05) is 0 Å². The quantitative estimate of drug-likeness (QED) is 0.472. The minimum atomic E-state index is -0.599. The Kier molecular flexibility index (Phi) is 5.10. The zero-order valence-corrected chi connectivity index (χ0v) is 17.0. The predicted octanol–water partition coefficient (Wildman–Crippen LogP) is 4.33. The van der Waals surface area contributed by atoms with Gasteiger partial charge in [-0.25, -0.2) is 9.69 Å². The number of ether oxygens (including phenoxy) is 1. The van der Waals surface area contributed by atoms with Crippen LogP contribution >= 0.6 is 0 Å². The van der Waals surface area contributed by atoms with Crippen LogP contribution in [0.3, 0.4) is 0 Å². The molecule has 3 aromatic rings. The largest absolute Gasteiger partial charge is 0.457 e. The van der Waals surface area contributed by atoms with Crippen LogP contribution in [-0.2, 0) is 11.3 Å². The van der Waals surface area contributed by atoms with Crippen LogP contribution in [0.5, 0.6) is 0 Å². The highest BCUT2D eigenvalue weighted by atomic mass is 16.5. The molecule has 0 aliphatic carbocycles. The van der Waals surface area contributed by atoms with Crippen molar-refractivity contribution >= 4 is 23.5 Å². The van der Waals surface area contributed by atoms with Gasteiger partial charge in [-0.2, -0.15) is 5.26 Å². The molecule has 0 bridgehead atoms. The molecule has 0 unspecified atom stereocenters. The number of rotatable bonds is 4. The van der Waals surface area contributed by atoms with Crippen molar-refractivity contribution in [1.29, 1.82) is 5.26 Å². The van der Waals surface area contributed by atoms with E-state index in [0.29, 0.717) is 11.3 Å². The Hall–Kier alpha value is -4.24. The van der Waals surface area contributed by atoms with Crippen molar-refractivity contribution in [3.05, 3.63) is 99.6 Å². The summed E-state index contributed by atoms with van der Waals surface area (Å²) in [4.78, 5) is 39.5. The van der Waals surface area contributed by atoms with Crippen molar-refractivity contribution in [2.75, 3.05) is 4.90 Å². The Morgan fingerprint density at radius 1 is 0.935 bits per heavy atom. The first-order valence-electron chi connectivity index (χ1n) is 9.65. The summed E-state index contributed by atoms with van der Waals surface area (Å²) in [5.74, 6) is -1.47. The summed E-state index contributed by atoms with van der Waals surface area (Å²) in [6.07, 6.45) is 0. The Labute approximate surface area is 179 Å². The van der Waals surface area contributed by atoms with Crippen LogP contribution in [0.2, 0.25) is 0 Å². The molecule has 6 nitrogen and oxygen atoms in total. The van der Waals surface area contributed by atoms with Gasteiger partial charge in [-0.15, -0.1) is 0 Å². The van der Waals surface area contributed by atoms with Gasteiger partial charge in [0.2, 0.25) is 0 Å². The first kappa shape index (κ1) is 20.0. The van der Waals surface area contributed by atoms with E-state index in [4.69, 9.17) is 10.00 Å². The predicted molar refractivity (Wildman–Crippen MR) is 114 cm³/mol. The topological polar surface area (TPSA) is 87.5 Å². The van der Waals surface area contributed by atoms with E-state index in [1.165, 1.54) is 18.2 Å². The summed E-state index contributed by atoms with van der Waals surface area (Å²) in [7, 11) is 0. The van der Waals surface area contributed by atoms with E-state index in [2.05, 4.69) is 0 Å². The third-order valence-electron chi connectivity index (χ3n) is 5.18. The smallest absolute Gasteiger partial charge is 0.338 e. The number of esters is 1. The molecule has 6 heteroatoms. The van der Waals surface area contributed by atoms with Crippen LogP contribution < -0.4 is 4.90 Å². The van der Waals surface area contributed by atoms with E-state index in [-0.39, 0.29) is 23.3 Å². The molecule has 0 fully saturated rings. The number of hydrogen-bond acceptors (Lipinski definition) is 5. The van der Waals surface area contributed by atoms with Crippen LogP contribution in [0.15, 0.2) is 60.7 Å². The Bertz CT molecular complexity index is 1270. The fourth-order valence-corrected chi connectivity index (χ4v) is 3.45.